The fourth-order valence-corrected chi connectivity index (χ4v) is 3.16. The molecule has 1 heterocycles. The van der Waals surface area contributed by atoms with Crippen molar-refractivity contribution in [3.05, 3.63) is 83.0 Å². The number of carbonyl (C=O) groups is 1. The van der Waals surface area contributed by atoms with E-state index in [1.54, 1.807) is 30.3 Å². The van der Waals surface area contributed by atoms with Crippen molar-refractivity contribution in [2.24, 2.45) is 5.73 Å². The third-order valence-electron chi connectivity index (χ3n) is 3.41. The van der Waals surface area contributed by atoms with E-state index in [-0.39, 0.29) is 0 Å². The largest absolute Gasteiger partial charge is 0.369 e. The van der Waals surface area contributed by atoms with Crippen molar-refractivity contribution in [3.8, 4) is 0 Å². The number of rotatable bonds is 5. The molecule has 0 radical (unpaired) electrons. The molecule has 0 spiro atoms. The van der Waals surface area contributed by atoms with Crippen LogP contribution < -0.4 is 5.73 Å². The summed E-state index contributed by atoms with van der Waals surface area (Å²) in [4.78, 5) is 13.0. The first kappa shape index (κ1) is 16.5. The summed E-state index contributed by atoms with van der Waals surface area (Å²) in [5.41, 5.74) is 6.81. The van der Waals surface area contributed by atoms with Gasteiger partial charge in [-0.25, -0.2) is 0 Å². The van der Waals surface area contributed by atoms with Crippen LogP contribution in [0.1, 0.15) is 17.2 Å². The topological polar surface area (TPSA) is 68.9 Å². The molecule has 0 aliphatic carbocycles. The minimum absolute atomic E-state index is 0.477. The number of benzene rings is 2. The maximum Gasteiger partial charge on any atom is 0.231 e. The van der Waals surface area contributed by atoms with Crippen LogP contribution in [0, 0.1) is 0 Å². The molecule has 0 aliphatic heterocycles. The zero-order chi connectivity index (χ0) is 16.9. The smallest absolute Gasteiger partial charge is 0.231 e. The first-order valence-electron chi connectivity index (χ1n) is 7.25. The van der Waals surface area contributed by atoms with E-state index in [1.807, 2.05) is 36.4 Å². The molecule has 2 aromatic carbocycles. The summed E-state index contributed by atoms with van der Waals surface area (Å²) in [6.45, 7) is 0. The van der Waals surface area contributed by atoms with Crippen molar-refractivity contribution in [3.63, 3.8) is 0 Å². The van der Waals surface area contributed by atoms with Crippen molar-refractivity contribution >= 4 is 29.3 Å². The molecule has 0 saturated carbocycles. The van der Waals surface area contributed by atoms with Crippen LogP contribution in [-0.2, 0) is 4.79 Å². The van der Waals surface area contributed by atoms with Crippen LogP contribution in [0.15, 0.2) is 76.7 Å². The van der Waals surface area contributed by atoms with Gasteiger partial charge in [0.25, 0.3) is 0 Å². The fraction of sp³-hybridized carbons (Fsp3) is 0.0556. The van der Waals surface area contributed by atoms with Crippen LogP contribution >= 0.6 is 23.4 Å². The number of hydrogen-bond donors (Lipinski definition) is 1. The Morgan fingerprint density at radius 3 is 2.25 bits per heavy atom. The van der Waals surface area contributed by atoms with Crippen LogP contribution in [0.2, 0.25) is 5.02 Å². The number of aromatic nitrogens is 2. The van der Waals surface area contributed by atoms with Gasteiger partial charge < -0.3 is 5.73 Å². The molecule has 3 aromatic rings. The summed E-state index contributed by atoms with van der Waals surface area (Å²) in [5.74, 6) is -1.12. The molecule has 0 fully saturated rings. The molecule has 120 valence electrons. The Morgan fingerprint density at radius 1 is 0.958 bits per heavy atom. The van der Waals surface area contributed by atoms with Crippen LogP contribution in [0.5, 0.6) is 0 Å². The highest BCUT2D eigenvalue weighted by molar-refractivity contribution is 7.99. The van der Waals surface area contributed by atoms with Gasteiger partial charge in [0.2, 0.25) is 5.91 Å². The zero-order valence-electron chi connectivity index (χ0n) is 12.6. The molecule has 1 aromatic heterocycles. The van der Waals surface area contributed by atoms with E-state index in [2.05, 4.69) is 10.2 Å². The highest BCUT2D eigenvalue weighted by Gasteiger charge is 2.22. The molecule has 1 amide bonds. The summed E-state index contributed by atoms with van der Waals surface area (Å²) in [6, 6.07) is 20.5. The first-order valence-corrected chi connectivity index (χ1v) is 8.44. The Hall–Kier alpha value is -2.37. The summed E-state index contributed by atoms with van der Waals surface area (Å²) < 4.78 is 0. The Balaban J connectivity index is 1.84. The molecular weight excluding hydrogens is 342 g/mol. The highest BCUT2D eigenvalue weighted by atomic mass is 35.5. The Morgan fingerprint density at radius 2 is 1.67 bits per heavy atom. The van der Waals surface area contributed by atoms with Gasteiger partial charge in [0.15, 0.2) is 0 Å². The second-order valence-corrected chi connectivity index (χ2v) is 6.63. The van der Waals surface area contributed by atoms with E-state index in [0.717, 1.165) is 15.5 Å². The maximum absolute atomic E-state index is 11.9. The van der Waals surface area contributed by atoms with Crippen LogP contribution in [-0.4, -0.2) is 16.1 Å². The maximum atomic E-state index is 11.9. The zero-order valence-corrected chi connectivity index (χ0v) is 14.2. The SMILES string of the molecule is NC(=O)[C@H](c1ccc(Cl)cc1)c1ccc(Sc2ccccc2)nn1. The van der Waals surface area contributed by atoms with Crippen molar-refractivity contribution in [2.45, 2.75) is 15.8 Å². The van der Waals surface area contributed by atoms with E-state index >= 15 is 0 Å². The molecule has 0 saturated heterocycles. The molecule has 0 unspecified atom stereocenters. The second-order valence-electron chi connectivity index (χ2n) is 5.10. The standard InChI is InChI=1S/C18H14ClN3OS/c19-13-8-6-12(7-9-13)17(18(20)23)15-10-11-16(22-21-15)24-14-4-2-1-3-5-14/h1-11,17H,(H2,20,23)/t17-/m1/s1. The molecule has 0 aliphatic rings. The van der Waals surface area contributed by atoms with Gasteiger partial charge in [-0.15, -0.1) is 5.10 Å². The highest BCUT2D eigenvalue weighted by Crippen LogP contribution is 2.28. The van der Waals surface area contributed by atoms with E-state index < -0.39 is 11.8 Å². The van der Waals surface area contributed by atoms with E-state index in [1.165, 1.54) is 11.8 Å². The third-order valence-corrected chi connectivity index (χ3v) is 4.60. The van der Waals surface area contributed by atoms with Gasteiger partial charge in [-0.2, -0.15) is 5.10 Å². The average Bonchev–Trinajstić information content (AvgIpc) is 2.59. The van der Waals surface area contributed by atoms with Crippen molar-refractivity contribution in [1.29, 1.82) is 0 Å². The minimum atomic E-state index is -0.648. The van der Waals surface area contributed by atoms with E-state index in [0.29, 0.717) is 10.7 Å². The van der Waals surface area contributed by atoms with Gasteiger partial charge in [-0.05, 0) is 42.0 Å². The Kier molecular flexibility index (Phi) is 5.13. The molecule has 24 heavy (non-hydrogen) atoms. The second kappa shape index (κ2) is 7.47. The van der Waals surface area contributed by atoms with Crippen LogP contribution in [0.4, 0.5) is 0 Å². The van der Waals surface area contributed by atoms with Crippen molar-refractivity contribution in [1.82, 2.24) is 10.2 Å². The van der Waals surface area contributed by atoms with Gasteiger partial charge >= 0.3 is 0 Å². The first-order chi connectivity index (χ1) is 11.6. The average molecular weight is 356 g/mol. The van der Waals surface area contributed by atoms with Crippen molar-refractivity contribution in [2.75, 3.05) is 0 Å². The Bertz CT molecular complexity index is 823. The van der Waals surface area contributed by atoms with Crippen LogP contribution in [0.3, 0.4) is 0 Å². The normalized spacial score (nSPS) is 11.9. The molecule has 6 heteroatoms. The lowest BCUT2D eigenvalue weighted by molar-refractivity contribution is -0.118. The lowest BCUT2D eigenvalue weighted by Crippen LogP contribution is -2.23. The van der Waals surface area contributed by atoms with E-state index in [4.69, 9.17) is 17.3 Å². The molecule has 3 rings (SSSR count). The van der Waals surface area contributed by atoms with Gasteiger partial charge in [-0.3, -0.25) is 4.79 Å². The van der Waals surface area contributed by atoms with Gasteiger partial charge in [-0.1, -0.05) is 53.7 Å². The van der Waals surface area contributed by atoms with Gasteiger partial charge in [0, 0.05) is 9.92 Å². The van der Waals surface area contributed by atoms with Gasteiger partial charge in [0.05, 0.1) is 5.69 Å². The lowest BCUT2D eigenvalue weighted by Gasteiger charge is -2.13. The Labute approximate surface area is 149 Å². The predicted octanol–water partition coefficient (Wildman–Crippen LogP) is 3.90. The number of primary amides is 1. The number of nitrogens with two attached hydrogens (primary N) is 1. The number of nitrogens with zero attached hydrogens (tertiary/aromatic N) is 2. The van der Waals surface area contributed by atoms with Gasteiger partial charge in [0.1, 0.15) is 10.9 Å². The van der Waals surface area contributed by atoms with Crippen LogP contribution in [0.25, 0.3) is 0 Å². The van der Waals surface area contributed by atoms with Crippen molar-refractivity contribution < 1.29 is 4.79 Å². The quantitative estimate of drug-likeness (QED) is 0.753. The number of hydrogen-bond acceptors (Lipinski definition) is 4. The summed E-state index contributed by atoms with van der Waals surface area (Å²) in [5, 5.41) is 9.74. The minimum Gasteiger partial charge on any atom is -0.369 e. The lowest BCUT2D eigenvalue weighted by atomic mass is 9.95. The summed E-state index contributed by atoms with van der Waals surface area (Å²) >= 11 is 7.40. The van der Waals surface area contributed by atoms with E-state index in [9.17, 15) is 4.79 Å². The fourth-order valence-electron chi connectivity index (χ4n) is 2.28. The molecule has 0 bridgehead atoms. The monoisotopic (exact) mass is 355 g/mol. The predicted molar refractivity (Wildman–Crippen MR) is 95.1 cm³/mol. The third kappa shape index (κ3) is 3.93. The molecule has 4 nitrogen and oxygen atoms in total. The summed E-state index contributed by atoms with van der Waals surface area (Å²) in [6.07, 6.45) is 0. The summed E-state index contributed by atoms with van der Waals surface area (Å²) in [7, 11) is 0. The number of halogens is 1. The molecular formula is C18H14ClN3OS. The number of amides is 1. The molecule has 1 atom stereocenters. The molecule has 2 N–H and O–H groups in total. The number of carbonyl (C=O) groups excluding carboxylic acids is 1.